The van der Waals surface area contributed by atoms with E-state index in [1.807, 2.05) is 22.9 Å². The van der Waals surface area contributed by atoms with Crippen molar-refractivity contribution in [3.05, 3.63) is 35.3 Å². The maximum Gasteiger partial charge on any atom is 0.0677 e. The molecule has 2 aromatic rings. The van der Waals surface area contributed by atoms with Crippen LogP contribution in [0.25, 0.3) is 11.1 Å². The molecule has 0 N–H and O–H groups in total. The van der Waals surface area contributed by atoms with Crippen LogP contribution < -0.4 is 0 Å². The number of hydrogen-bond donors (Lipinski definition) is 0. The van der Waals surface area contributed by atoms with Crippen LogP contribution in [0.4, 0.5) is 0 Å². The summed E-state index contributed by atoms with van der Waals surface area (Å²) in [5, 5.41) is 4.23. The second-order valence-electron chi connectivity index (χ2n) is 2.61. The first-order valence-electron chi connectivity index (χ1n) is 3.82. The van der Waals surface area contributed by atoms with Crippen LogP contribution in [0.15, 0.2) is 35.3 Å². The third-order valence-electron chi connectivity index (χ3n) is 1.75. The fraction of sp³-hybridized carbons (Fsp3) is 0. The van der Waals surface area contributed by atoms with Crippen LogP contribution >= 0.6 is 44.3 Å². The number of halogens is 2. The summed E-state index contributed by atoms with van der Waals surface area (Å²) in [4.78, 5) is 4.02. The van der Waals surface area contributed by atoms with Gasteiger partial charge in [0.2, 0.25) is 0 Å². The van der Waals surface area contributed by atoms with Crippen LogP contribution in [0.1, 0.15) is 0 Å². The zero-order valence-corrected chi connectivity index (χ0v) is 11.7. The van der Waals surface area contributed by atoms with Gasteiger partial charge in [-0.3, -0.25) is 4.98 Å². The highest BCUT2D eigenvalue weighted by atomic mass is 127. The summed E-state index contributed by atoms with van der Waals surface area (Å²) in [6.07, 6.45) is 8.11. The van der Waals surface area contributed by atoms with Crippen molar-refractivity contribution in [2.24, 2.45) is 0 Å². The Kier molecular flexibility index (Phi) is 3.52. The predicted molar refractivity (Wildman–Crippen MR) is 70.9 cm³/mol. The van der Waals surface area contributed by atoms with Crippen LogP contribution in [0, 0.1) is 0 Å². The van der Waals surface area contributed by atoms with E-state index < -0.39 is 0 Å². The molecule has 1 unspecified atom stereocenters. The summed E-state index contributed by atoms with van der Waals surface area (Å²) in [5.41, 5.74) is 2.24. The Morgan fingerprint density at radius 3 is 2.93 bits per heavy atom. The molecule has 14 heavy (non-hydrogen) atoms. The summed E-state index contributed by atoms with van der Waals surface area (Å²) < 4.78 is 2.92. The normalized spacial score (nSPS) is 11.3. The van der Waals surface area contributed by atoms with Crippen LogP contribution in [0.2, 0.25) is 0 Å². The zero-order chi connectivity index (χ0) is 9.97. The van der Waals surface area contributed by atoms with Crippen molar-refractivity contribution in [3.8, 4) is 11.1 Å². The minimum absolute atomic E-state index is 0.637. The molecular formula is C8H6BrIN3P. The number of pyridine rings is 1. The molecule has 0 saturated carbocycles. The summed E-state index contributed by atoms with van der Waals surface area (Å²) >= 11 is 5.76. The molecule has 0 amide bonds. The Bertz CT molecular complexity index is 446. The van der Waals surface area contributed by atoms with E-state index >= 15 is 0 Å². The van der Waals surface area contributed by atoms with E-state index in [0.717, 1.165) is 15.6 Å². The van der Waals surface area contributed by atoms with Crippen LogP contribution in [-0.4, -0.2) is 14.5 Å². The van der Waals surface area contributed by atoms with Gasteiger partial charge in [0.1, 0.15) is 0 Å². The van der Waals surface area contributed by atoms with Crippen molar-refractivity contribution in [1.29, 1.82) is 0 Å². The van der Waals surface area contributed by atoms with Crippen molar-refractivity contribution >= 4 is 44.3 Å². The topological polar surface area (TPSA) is 30.7 Å². The average Bonchev–Trinajstić information content (AvgIpc) is 2.67. The molecule has 2 aromatic heterocycles. The lowest BCUT2D eigenvalue weighted by Gasteiger charge is -1.98. The van der Waals surface area contributed by atoms with Crippen molar-refractivity contribution in [1.82, 2.24) is 14.5 Å². The van der Waals surface area contributed by atoms with Gasteiger partial charge in [-0.1, -0.05) is 0 Å². The molecule has 3 nitrogen and oxygen atoms in total. The number of nitrogens with zero attached hydrogens (tertiary/aromatic N) is 3. The maximum atomic E-state index is 4.23. The highest BCUT2D eigenvalue weighted by Gasteiger charge is 2.04. The summed E-state index contributed by atoms with van der Waals surface area (Å²) in [6, 6.07) is 1.97. The second-order valence-corrected chi connectivity index (χ2v) is 5.54. The van der Waals surface area contributed by atoms with Gasteiger partial charge < -0.3 is 0 Å². The maximum absolute atomic E-state index is 4.23. The minimum Gasteiger partial charge on any atom is -0.264 e. The minimum atomic E-state index is 0.637. The van der Waals surface area contributed by atoms with Gasteiger partial charge >= 0.3 is 0 Å². The Morgan fingerprint density at radius 1 is 1.43 bits per heavy atom. The number of hydrogen-bond acceptors (Lipinski definition) is 2. The molecule has 0 spiro atoms. The number of aromatic nitrogens is 3. The largest absolute Gasteiger partial charge is 0.264 e. The second kappa shape index (κ2) is 4.68. The molecule has 1 atom stereocenters. The highest BCUT2D eigenvalue weighted by molar-refractivity contribution is 14.2. The quantitative estimate of drug-likeness (QED) is 0.588. The molecular weight excluding hydrogens is 376 g/mol. The molecule has 0 saturated heterocycles. The average molecular weight is 382 g/mol. The van der Waals surface area contributed by atoms with Gasteiger partial charge in [-0.15, -0.1) is 0 Å². The molecule has 0 aromatic carbocycles. The molecule has 0 bridgehead atoms. The van der Waals surface area contributed by atoms with E-state index in [1.165, 1.54) is 0 Å². The van der Waals surface area contributed by atoms with Gasteiger partial charge in [-0.05, 0) is 44.0 Å². The molecule has 6 heteroatoms. The fourth-order valence-corrected chi connectivity index (χ4v) is 2.68. The van der Waals surface area contributed by atoms with E-state index in [2.05, 4.69) is 48.1 Å². The van der Waals surface area contributed by atoms with Gasteiger partial charge in [0.15, 0.2) is 0 Å². The first-order chi connectivity index (χ1) is 6.81. The number of rotatable bonds is 2. The van der Waals surface area contributed by atoms with Crippen molar-refractivity contribution in [2.45, 2.75) is 0 Å². The molecule has 2 rings (SSSR count). The van der Waals surface area contributed by atoms with E-state index in [4.69, 9.17) is 0 Å². The van der Waals surface area contributed by atoms with E-state index in [-0.39, 0.29) is 0 Å². The third-order valence-corrected chi connectivity index (χ3v) is 4.29. The first-order valence-corrected chi connectivity index (χ1v) is 8.68. The van der Waals surface area contributed by atoms with Crippen molar-refractivity contribution in [2.75, 3.05) is 0 Å². The van der Waals surface area contributed by atoms with Crippen LogP contribution in [0.3, 0.4) is 0 Å². The summed E-state index contributed by atoms with van der Waals surface area (Å²) in [6.45, 7) is 0. The molecule has 0 radical (unpaired) electrons. The molecule has 0 aliphatic carbocycles. The predicted octanol–water partition coefficient (Wildman–Crippen LogP) is 3.50. The van der Waals surface area contributed by atoms with Crippen LogP contribution in [-0.2, 0) is 0 Å². The lowest BCUT2D eigenvalue weighted by atomic mass is 10.1. The monoisotopic (exact) mass is 381 g/mol. The van der Waals surface area contributed by atoms with Gasteiger partial charge in [-0.2, -0.15) is 5.10 Å². The Balaban J connectivity index is 2.44. The summed E-state index contributed by atoms with van der Waals surface area (Å²) in [5.74, 6) is 0. The van der Waals surface area contributed by atoms with E-state index in [1.54, 1.807) is 12.4 Å². The molecule has 0 fully saturated rings. The lowest BCUT2D eigenvalue weighted by Crippen LogP contribution is -1.79. The Morgan fingerprint density at radius 2 is 2.29 bits per heavy atom. The smallest absolute Gasteiger partial charge is 0.0677 e. The molecule has 72 valence electrons. The standard InChI is InChI=1S/C8H6BrIN3P/c9-8-4-11-2-1-7(8)6-3-12-13(5-6)14-10/h1-5,14H. The molecule has 0 aliphatic rings. The zero-order valence-electron chi connectivity index (χ0n) is 6.98. The Hall–Kier alpha value is -0.000000000000000111. The first kappa shape index (κ1) is 10.5. The highest BCUT2D eigenvalue weighted by Crippen LogP contribution is 2.30. The van der Waals surface area contributed by atoms with Crippen molar-refractivity contribution < 1.29 is 0 Å². The SMILES string of the molecule is Brc1cnccc1-c1cnn(PI)c1. The molecule has 0 aliphatic heterocycles. The fourth-order valence-electron chi connectivity index (χ4n) is 1.12. The van der Waals surface area contributed by atoms with Gasteiger partial charge in [0.25, 0.3) is 0 Å². The molecule has 2 heterocycles. The van der Waals surface area contributed by atoms with E-state index in [9.17, 15) is 0 Å². The third kappa shape index (κ3) is 2.15. The Labute approximate surface area is 105 Å². The van der Waals surface area contributed by atoms with E-state index in [0.29, 0.717) is 6.37 Å². The van der Waals surface area contributed by atoms with Crippen LogP contribution in [0.5, 0.6) is 0 Å². The van der Waals surface area contributed by atoms with Gasteiger partial charge in [0, 0.05) is 34.2 Å². The van der Waals surface area contributed by atoms with Gasteiger partial charge in [-0.25, -0.2) is 4.45 Å². The van der Waals surface area contributed by atoms with Crippen molar-refractivity contribution in [3.63, 3.8) is 0 Å². The van der Waals surface area contributed by atoms with Gasteiger partial charge in [0.05, 0.1) is 12.6 Å². The summed E-state index contributed by atoms with van der Waals surface area (Å²) in [7, 11) is 0. The lowest BCUT2D eigenvalue weighted by molar-refractivity contribution is 1.01.